The summed E-state index contributed by atoms with van der Waals surface area (Å²) in [6.45, 7) is 0.435. The summed E-state index contributed by atoms with van der Waals surface area (Å²) in [4.78, 5) is 22.0. The van der Waals surface area contributed by atoms with Crippen molar-refractivity contribution in [1.82, 2.24) is 5.32 Å². The Morgan fingerprint density at radius 1 is 1.69 bits per heavy atom. The van der Waals surface area contributed by atoms with E-state index < -0.39 is 11.5 Å². The van der Waals surface area contributed by atoms with Crippen molar-refractivity contribution in [3.05, 3.63) is 0 Å². The van der Waals surface area contributed by atoms with Gasteiger partial charge in [0, 0.05) is 6.54 Å². The fourth-order valence-corrected chi connectivity index (χ4v) is 1.24. The second-order valence-electron chi connectivity index (χ2n) is 2.92. The highest BCUT2D eigenvalue weighted by molar-refractivity contribution is 5.89. The summed E-state index contributed by atoms with van der Waals surface area (Å²) in [5, 5.41) is 2.59. The number of hydrogen-bond donors (Lipinski definition) is 2. The molecule has 1 rings (SSSR count). The van der Waals surface area contributed by atoms with Gasteiger partial charge < -0.3 is 15.8 Å². The fraction of sp³-hybridized carbons (Fsp3) is 0.714. The third kappa shape index (κ3) is 2.57. The van der Waals surface area contributed by atoms with Crippen molar-refractivity contribution < 1.29 is 14.3 Å². The molecule has 0 saturated carbocycles. The molecule has 1 aliphatic rings. The SMILES string of the molecule is COC(=O)C1(N)CCNC(=O)C1.Cl. The maximum Gasteiger partial charge on any atom is 0.326 e. The van der Waals surface area contributed by atoms with E-state index in [1.54, 1.807) is 0 Å². The van der Waals surface area contributed by atoms with E-state index >= 15 is 0 Å². The van der Waals surface area contributed by atoms with E-state index in [1.807, 2.05) is 0 Å². The molecule has 0 bridgehead atoms. The molecule has 13 heavy (non-hydrogen) atoms. The minimum Gasteiger partial charge on any atom is -0.468 e. The lowest BCUT2D eigenvalue weighted by Crippen LogP contribution is -2.57. The standard InChI is InChI=1S/C7H12N2O3.ClH/c1-12-6(11)7(8)2-3-9-5(10)4-7;/h2-4,8H2,1H3,(H,9,10);1H. The quantitative estimate of drug-likeness (QED) is 0.553. The molecule has 1 amide bonds. The average molecular weight is 209 g/mol. The maximum absolute atomic E-state index is 11.1. The monoisotopic (exact) mass is 208 g/mol. The van der Waals surface area contributed by atoms with Crippen LogP contribution in [0, 0.1) is 0 Å². The van der Waals surface area contributed by atoms with Crippen LogP contribution in [-0.4, -0.2) is 31.1 Å². The molecule has 5 nitrogen and oxygen atoms in total. The second kappa shape index (κ2) is 4.43. The molecule has 1 atom stereocenters. The lowest BCUT2D eigenvalue weighted by Gasteiger charge is -2.29. The Morgan fingerprint density at radius 2 is 2.31 bits per heavy atom. The summed E-state index contributed by atoms with van der Waals surface area (Å²) < 4.78 is 4.50. The highest BCUT2D eigenvalue weighted by atomic mass is 35.5. The minimum absolute atomic E-state index is 0. The average Bonchev–Trinajstić information content (AvgIpc) is 2.02. The van der Waals surface area contributed by atoms with Crippen LogP contribution in [0.4, 0.5) is 0 Å². The summed E-state index contributed by atoms with van der Waals surface area (Å²) in [7, 11) is 1.27. The molecule has 3 N–H and O–H groups in total. The van der Waals surface area contributed by atoms with Crippen molar-refractivity contribution in [2.75, 3.05) is 13.7 Å². The topological polar surface area (TPSA) is 81.4 Å². The maximum atomic E-state index is 11.1. The summed E-state index contributed by atoms with van der Waals surface area (Å²) in [6, 6.07) is 0. The zero-order valence-corrected chi connectivity index (χ0v) is 8.15. The smallest absolute Gasteiger partial charge is 0.326 e. The molecule has 1 saturated heterocycles. The highest BCUT2D eigenvalue weighted by Gasteiger charge is 2.39. The summed E-state index contributed by atoms with van der Waals surface area (Å²) in [5.41, 5.74) is 4.55. The number of nitrogens with two attached hydrogens (primary N) is 1. The van der Waals surface area contributed by atoms with E-state index in [1.165, 1.54) is 7.11 Å². The van der Waals surface area contributed by atoms with Gasteiger partial charge in [-0.1, -0.05) is 0 Å². The zero-order chi connectivity index (χ0) is 9.19. The van der Waals surface area contributed by atoms with Gasteiger partial charge in [0.2, 0.25) is 5.91 Å². The Labute approximate surface area is 82.4 Å². The first-order chi connectivity index (χ1) is 5.58. The molecule has 0 aromatic rings. The van der Waals surface area contributed by atoms with Crippen LogP contribution in [-0.2, 0) is 14.3 Å². The fourth-order valence-electron chi connectivity index (χ4n) is 1.24. The van der Waals surface area contributed by atoms with E-state index in [0.717, 1.165) is 0 Å². The molecular formula is C7H13ClN2O3. The molecule has 0 aromatic heterocycles. The molecule has 1 aliphatic heterocycles. The Morgan fingerprint density at radius 3 is 2.77 bits per heavy atom. The predicted molar refractivity (Wildman–Crippen MR) is 48.4 cm³/mol. The Hall–Kier alpha value is -0.810. The zero-order valence-electron chi connectivity index (χ0n) is 7.33. The third-order valence-corrected chi connectivity index (χ3v) is 1.96. The first kappa shape index (κ1) is 12.2. The van der Waals surface area contributed by atoms with E-state index in [9.17, 15) is 9.59 Å². The normalized spacial score (nSPS) is 27.1. The molecule has 1 unspecified atom stereocenters. The number of rotatable bonds is 1. The van der Waals surface area contributed by atoms with Gasteiger partial charge in [-0.3, -0.25) is 9.59 Å². The van der Waals surface area contributed by atoms with Gasteiger partial charge in [-0.2, -0.15) is 0 Å². The Bertz CT molecular complexity index is 222. The number of nitrogens with one attached hydrogen (secondary N) is 1. The molecule has 0 radical (unpaired) electrons. The summed E-state index contributed by atoms with van der Waals surface area (Å²) in [6.07, 6.45) is 0.449. The first-order valence-electron chi connectivity index (χ1n) is 3.72. The number of amides is 1. The van der Waals surface area contributed by atoms with Gasteiger partial charge in [-0.25, -0.2) is 0 Å². The number of methoxy groups -OCH3 is 1. The number of ether oxygens (including phenoxy) is 1. The Kier molecular flexibility index (Phi) is 4.16. The van der Waals surface area contributed by atoms with Crippen LogP contribution < -0.4 is 11.1 Å². The van der Waals surface area contributed by atoms with Crippen LogP contribution in [0.15, 0.2) is 0 Å². The highest BCUT2D eigenvalue weighted by Crippen LogP contribution is 2.16. The van der Waals surface area contributed by atoms with Gasteiger partial charge in [0.05, 0.1) is 13.5 Å². The molecule has 0 aromatic carbocycles. The van der Waals surface area contributed by atoms with Crippen LogP contribution >= 0.6 is 12.4 Å². The van der Waals surface area contributed by atoms with E-state index in [0.29, 0.717) is 13.0 Å². The van der Waals surface area contributed by atoms with Crippen molar-refractivity contribution in [2.24, 2.45) is 5.73 Å². The lowest BCUT2D eigenvalue weighted by molar-refractivity contribution is -0.150. The third-order valence-electron chi connectivity index (χ3n) is 1.96. The van der Waals surface area contributed by atoms with Crippen molar-refractivity contribution >= 4 is 24.3 Å². The van der Waals surface area contributed by atoms with Crippen molar-refractivity contribution in [2.45, 2.75) is 18.4 Å². The van der Waals surface area contributed by atoms with E-state index in [4.69, 9.17) is 5.73 Å². The van der Waals surface area contributed by atoms with Gasteiger partial charge in [0.25, 0.3) is 0 Å². The van der Waals surface area contributed by atoms with Crippen LogP contribution in [0.5, 0.6) is 0 Å². The van der Waals surface area contributed by atoms with Gasteiger partial charge >= 0.3 is 5.97 Å². The molecular weight excluding hydrogens is 196 g/mol. The number of piperidine rings is 1. The lowest BCUT2D eigenvalue weighted by atomic mass is 9.89. The number of esters is 1. The number of carbonyl (C=O) groups is 2. The van der Waals surface area contributed by atoms with E-state index in [2.05, 4.69) is 10.1 Å². The van der Waals surface area contributed by atoms with Gasteiger partial charge in [0.15, 0.2) is 0 Å². The molecule has 0 spiro atoms. The number of carbonyl (C=O) groups excluding carboxylic acids is 2. The first-order valence-corrected chi connectivity index (χ1v) is 3.72. The predicted octanol–water partition coefficient (Wildman–Crippen LogP) is -0.811. The molecule has 1 fully saturated rings. The second-order valence-corrected chi connectivity index (χ2v) is 2.92. The molecule has 1 heterocycles. The van der Waals surface area contributed by atoms with Crippen LogP contribution in [0.1, 0.15) is 12.8 Å². The number of hydrogen-bond acceptors (Lipinski definition) is 4. The van der Waals surface area contributed by atoms with Gasteiger partial charge in [-0.15, -0.1) is 12.4 Å². The van der Waals surface area contributed by atoms with Crippen molar-refractivity contribution in [3.63, 3.8) is 0 Å². The summed E-state index contributed by atoms with van der Waals surface area (Å²) >= 11 is 0. The molecule has 6 heteroatoms. The Balaban J connectivity index is 0.00000144. The van der Waals surface area contributed by atoms with Crippen LogP contribution in [0.3, 0.4) is 0 Å². The van der Waals surface area contributed by atoms with Crippen molar-refractivity contribution in [1.29, 1.82) is 0 Å². The number of halogens is 1. The van der Waals surface area contributed by atoms with Gasteiger partial charge in [0.1, 0.15) is 5.54 Å². The van der Waals surface area contributed by atoms with Crippen molar-refractivity contribution in [3.8, 4) is 0 Å². The van der Waals surface area contributed by atoms with Crippen LogP contribution in [0.25, 0.3) is 0 Å². The van der Waals surface area contributed by atoms with Crippen LogP contribution in [0.2, 0.25) is 0 Å². The molecule has 0 aliphatic carbocycles. The molecule has 76 valence electrons. The van der Waals surface area contributed by atoms with E-state index in [-0.39, 0.29) is 24.7 Å². The van der Waals surface area contributed by atoms with Gasteiger partial charge in [-0.05, 0) is 6.42 Å². The minimum atomic E-state index is -1.11. The summed E-state index contributed by atoms with van der Waals surface area (Å²) in [5.74, 6) is -0.716. The largest absolute Gasteiger partial charge is 0.468 e.